The van der Waals surface area contributed by atoms with E-state index in [1.807, 2.05) is 0 Å². The van der Waals surface area contributed by atoms with Gasteiger partial charge in [-0.05, 0) is 48.9 Å². The van der Waals surface area contributed by atoms with Crippen molar-refractivity contribution in [2.45, 2.75) is 18.1 Å². The van der Waals surface area contributed by atoms with Crippen LogP contribution < -0.4 is 4.72 Å². The maximum absolute atomic E-state index is 12.6. The predicted molar refractivity (Wildman–Crippen MR) is 86.8 cm³/mol. The molecule has 9 heteroatoms. The molecule has 0 saturated carbocycles. The van der Waals surface area contributed by atoms with Gasteiger partial charge in [0, 0.05) is 13.1 Å². The number of nitrogens with one attached hydrogen (secondary N) is 1. The molecular weight excluding hydrogens is 348 g/mol. The zero-order chi connectivity index (χ0) is 18.2. The average molecular weight is 364 g/mol. The van der Waals surface area contributed by atoms with Gasteiger partial charge in [-0.25, -0.2) is 17.9 Å². The first-order valence-electron chi connectivity index (χ1n) is 7.49. The van der Waals surface area contributed by atoms with E-state index < -0.39 is 21.9 Å². The molecule has 2 N–H and O–H groups in total. The van der Waals surface area contributed by atoms with Crippen molar-refractivity contribution in [1.82, 2.24) is 9.62 Å². The van der Waals surface area contributed by atoms with Gasteiger partial charge in [-0.2, -0.15) is 0 Å². The number of rotatable bonds is 4. The zero-order valence-corrected chi connectivity index (χ0v) is 14.2. The number of nitrogens with zero attached hydrogens (tertiary/aromatic N) is 1. The summed E-state index contributed by atoms with van der Waals surface area (Å²) in [6, 6.07) is 7.39. The van der Waals surface area contributed by atoms with Crippen molar-refractivity contribution >= 4 is 21.9 Å². The fourth-order valence-electron chi connectivity index (χ4n) is 2.70. The first kappa shape index (κ1) is 17.2. The molecule has 8 nitrogen and oxygen atoms in total. The number of benzene rings is 1. The van der Waals surface area contributed by atoms with Gasteiger partial charge < -0.3 is 14.4 Å². The average Bonchev–Trinajstić information content (AvgIpc) is 3.11. The zero-order valence-electron chi connectivity index (χ0n) is 13.4. The van der Waals surface area contributed by atoms with Crippen molar-refractivity contribution in [1.29, 1.82) is 0 Å². The topological polar surface area (TPSA) is 117 Å². The van der Waals surface area contributed by atoms with Crippen LogP contribution in [-0.4, -0.2) is 43.9 Å². The number of furan rings is 1. The Kier molecular flexibility index (Phi) is 4.36. The second kappa shape index (κ2) is 6.34. The van der Waals surface area contributed by atoms with Gasteiger partial charge in [0.2, 0.25) is 5.09 Å². The highest BCUT2D eigenvalue weighted by Crippen LogP contribution is 2.23. The Morgan fingerprint density at radius 3 is 2.64 bits per heavy atom. The molecule has 1 aromatic carbocycles. The maximum Gasteiger partial charge on any atom is 0.335 e. The summed E-state index contributed by atoms with van der Waals surface area (Å²) in [6.07, 6.45) is 0.587. The van der Waals surface area contributed by atoms with E-state index in [2.05, 4.69) is 4.72 Å². The smallest absolute Gasteiger partial charge is 0.335 e. The van der Waals surface area contributed by atoms with Gasteiger partial charge >= 0.3 is 5.97 Å². The van der Waals surface area contributed by atoms with Crippen LogP contribution in [0, 0.1) is 0 Å². The first-order valence-corrected chi connectivity index (χ1v) is 8.98. The third kappa shape index (κ3) is 3.28. The second-order valence-corrected chi connectivity index (χ2v) is 7.41. The lowest BCUT2D eigenvalue weighted by molar-refractivity contribution is 0.0695. The van der Waals surface area contributed by atoms with E-state index in [-0.39, 0.29) is 23.0 Å². The molecule has 0 spiro atoms. The molecule has 25 heavy (non-hydrogen) atoms. The SMILES string of the molecule is CNS(=O)(=O)c1ccc(C(=O)N2CCc3ccc(C(=O)O)cc3C2)o1. The fourth-order valence-corrected chi connectivity index (χ4v) is 3.35. The molecular formula is C16H16N2O6S. The summed E-state index contributed by atoms with van der Waals surface area (Å²) >= 11 is 0. The quantitative estimate of drug-likeness (QED) is 0.838. The molecule has 0 radical (unpaired) electrons. The second-order valence-electron chi connectivity index (χ2n) is 5.59. The normalized spacial score (nSPS) is 14.2. The third-order valence-corrected chi connectivity index (χ3v) is 5.36. The van der Waals surface area contributed by atoms with Gasteiger partial charge in [-0.3, -0.25) is 4.79 Å². The molecule has 0 saturated heterocycles. The Bertz CT molecular complexity index is 947. The molecule has 1 amide bonds. The van der Waals surface area contributed by atoms with E-state index >= 15 is 0 Å². The summed E-state index contributed by atoms with van der Waals surface area (Å²) in [6.45, 7) is 0.678. The highest BCUT2D eigenvalue weighted by molar-refractivity contribution is 7.89. The number of hydrogen-bond donors (Lipinski definition) is 2. The van der Waals surface area contributed by atoms with E-state index in [1.54, 1.807) is 18.2 Å². The number of carboxylic acids is 1. The highest BCUT2D eigenvalue weighted by atomic mass is 32.2. The lowest BCUT2D eigenvalue weighted by Gasteiger charge is -2.28. The van der Waals surface area contributed by atoms with Crippen LogP contribution in [0.25, 0.3) is 0 Å². The standard InChI is InChI=1S/C16H16N2O6S/c1-17-25(22,23)14-5-4-13(24-14)15(19)18-7-6-10-2-3-11(16(20)21)8-12(10)9-18/h2-5,8,17H,6-7,9H2,1H3,(H,20,21). The number of sulfonamides is 1. The Hall–Kier alpha value is -2.65. The van der Waals surface area contributed by atoms with Gasteiger partial charge in [0.05, 0.1) is 5.56 Å². The number of fused-ring (bicyclic) bond motifs is 1. The molecule has 0 unspecified atom stereocenters. The molecule has 0 fully saturated rings. The van der Waals surface area contributed by atoms with E-state index in [0.717, 1.165) is 11.1 Å². The Morgan fingerprint density at radius 1 is 1.20 bits per heavy atom. The number of aromatic carboxylic acids is 1. The molecule has 0 aliphatic carbocycles. The van der Waals surface area contributed by atoms with Crippen LogP contribution in [0.15, 0.2) is 39.8 Å². The minimum atomic E-state index is -3.76. The molecule has 3 rings (SSSR count). The predicted octanol–water partition coefficient (Wildman–Crippen LogP) is 1.08. The summed E-state index contributed by atoms with van der Waals surface area (Å²) in [5.41, 5.74) is 1.91. The van der Waals surface area contributed by atoms with Crippen LogP contribution in [-0.2, 0) is 23.0 Å². The summed E-state index contributed by atoms with van der Waals surface area (Å²) < 4.78 is 30.7. The summed E-state index contributed by atoms with van der Waals surface area (Å²) in [5, 5.41) is 8.75. The van der Waals surface area contributed by atoms with Crippen molar-refractivity contribution in [3.8, 4) is 0 Å². The number of carbonyl (C=O) groups is 2. The third-order valence-electron chi connectivity index (χ3n) is 4.08. The van der Waals surface area contributed by atoms with Gasteiger partial charge in [-0.1, -0.05) is 6.07 Å². The molecule has 1 aromatic heterocycles. The Balaban J connectivity index is 1.83. The van der Waals surface area contributed by atoms with Crippen LogP contribution >= 0.6 is 0 Å². The Labute approximate surface area is 144 Å². The molecule has 2 aromatic rings. The van der Waals surface area contributed by atoms with E-state index in [1.165, 1.54) is 24.1 Å². The maximum atomic E-state index is 12.6. The van der Waals surface area contributed by atoms with Crippen LogP contribution in [0.5, 0.6) is 0 Å². The molecule has 1 aliphatic heterocycles. The monoisotopic (exact) mass is 364 g/mol. The van der Waals surface area contributed by atoms with Gasteiger partial charge in [-0.15, -0.1) is 0 Å². The summed E-state index contributed by atoms with van der Waals surface area (Å²) in [7, 11) is -2.51. The Morgan fingerprint density at radius 2 is 1.96 bits per heavy atom. The minimum Gasteiger partial charge on any atom is -0.478 e. The fraction of sp³-hybridized carbons (Fsp3) is 0.250. The number of amides is 1. The van der Waals surface area contributed by atoms with E-state index in [0.29, 0.717) is 13.0 Å². The largest absolute Gasteiger partial charge is 0.478 e. The number of carbonyl (C=O) groups excluding carboxylic acids is 1. The van der Waals surface area contributed by atoms with E-state index in [9.17, 15) is 18.0 Å². The van der Waals surface area contributed by atoms with E-state index in [4.69, 9.17) is 9.52 Å². The lowest BCUT2D eigenvalue weighted by atomic mass is 9.97. The molecule has 0 atom stereocenters. The highest BCUT2D eigenvalue weighted by Gasteiger charge is 2.26. The van der Waals surface area contributed by atoms with Gasteiger partial charge in [0.1, 0.15) is 0 Å². The van der Waals surface area contributed by atoms with Gasteiger partial charge in [0.15, 0.2) is 5.76 Å². The van der Waals surface area contributed by atoms with Crippen molar-refractivity contribution in [3.05, 3.63) is 52.8 Å². The number of carboxylic acid groups (broad SMARTS) is 1. The molecule has 2 heterocycles. The summed E-state index contributed by atoms with van der Waals surface area (Å²) in [5.74, 6) is -1.55. The van der Waals surface area contributed by atoms with Crippen LogP contribution in [0.2, 0.25) is 0 Å². The minimum absolute atomic E-state index is 0.0772. The van der Waals surface area contributed by atoms with Crippen LogP contribution in [0.1, 0.15) is 32.0 Å². The molecule has 132 valence electrons. The summed E-state index contributed by atoms with van der Waals surface area (Å²) in [4.78, 5) is 25.2. The van der Waals surface area contributed by atoms with Crippen LogP contribution in [0.3, 0.4) is 0 Å². The number of hydrogen-bond acceptors (Lipinski definition) is 5. The van der Waals surface area contributed by atoms with Crippen LogP contribution in [0.4, 0.5) is 0 Å². The van der Waals surface area contributed by atoms with Crippen molar-refractivity contribution in [3.63, 3.8) is 0 Å². The lowest BCUT2D eigenvalue weighted by Crippen LogP contribution is -2.35. The van der Waals surface area contributed by atoms with Crippen molar-refractivity contribution in [2.75, 3.05) is 13.6 Å². The molecule has 0 bridgehead atoms. The van der Waals surface area contributed by atoms with Crippen molar-refractivity contribution in [2.24, 2.45) is 0 Å². The molecule has 1 aliphatic rings. The van der Waals surface area contributed by atoms with Gasteiger partial charge in [0.25, 0.3) is 15.9 Å². The van der Waals surface area contributed by atoms with Crippen molar-refractivity contribution < 1.29 is 27.5 Å². The first-order chi connectivity index (χ1) is 11.8.